The Labute approximate surface area is 233 Å². The first-order chi connectivity index (χ1) is 19.5. The smallest absolute Gasteiger partial charge is 0.228 e. The fourth-order valence-corrected chi connectivity index (χ4v) is 6.08. The molecule has 2 saturated heterocycles. The summed E-state index contributed by atoms with van der Waals surface area (Å²) in [6.45, 7) is 4.09. The number of rotatable bonds is 6. The molecule has 3 atom stereocenters. The lowest BCUT2D eigenvalue weighted by Crippen LogP contribution is -2.47. The molecule has 5 rings (SSSR count). The van der Waals surface area contributed by atoms with Gasteiger partial charge in [-0.25, -0.2) is 8.78 Å². The van der Waals surface area contributed by atoms with Crippen molar-refractivity contribution in [1.29, 1.82) is 0 Å². The number of carbonyl (C=O) groups is 2. The van der Waals surface area contributed by atoms with Crippen molar-refractivity contribution >= 4 is 17.6 Å². The molecule has 0 aliphatic carbocycles. The molecule has 2 amide bonds. The van der Waals surface area contributed by atoms with E-state index in [9.17, 15) is 18.4 Å². The van der Waals surface area contributed by atoms with E-state index in [0.717, 1.165) is 30.9 Å². The monoisotopic (exact) mass is 547 g/mol. The molecule has 1 unspecified atom stereocenters. The van der Waals surface area contributed by atoms with Crippen LogP contribution in [0.3, 0.4) is 0 Å². The Morgan fingerprint density at radius 2 is 1.80 bits per heavy atom. The molecule has 3 aromatic rings. The standard InChI is InChI=1S/C31H35F2N5O2/c1-2-8-30(39)38-18-17-36(16-7-11-28(38)22-9-4-3-5-10-22)31(40)26-21-37(29-12-6-15-34-35-29)20-25(26)24-14-13-23(32)19-27(24)33/h3-6,9-10,12-15,19,25-26,28H,2,7-8,11,16-18,20-21H2,1H3/t25-,26+,28?/m0/s1. The van der Waals surface area contributed by atoms with Gasteiger partial charge in [-0.05, 0) is 48.6 Å². The largest absolute Gasteiger partial charge is 0.354 e. The molecule has 40 heavy (non-hydrogen) atoms. The van der Waals surface area contributed by atoms with Gasteiger partial charge in [-0.15, -0.1) is 5.10 Å². The SMILES string of the molecule is CCCC(=O)N1CCN(C(=O)[C@@H]2CN(c3cccnn3)C[C@H]2c2ccc(F)cc2F)CCCC1c1ccccc1. The lowest BCUT2D eigenvalue weighted by Gasteiger charge is -2.38. The Hall–Kier alpha value is -3.88. The van der Waals surface area contributed by atoms with E-state index in [-0.39, 0.29) is 17.9 Å². The third-order valence-electron chi connectivity index (χ3n) is 8.05. The molecule has 0 radical (unpaired) electrons. The summed E-state index contributed by atoms with van der Waals surface area (Å²) >= 11 is 0. The molecule has 210 valence electrons. The third kappa shape index (κ3) is 5.98. The first-order valence-corrected chi connectivity index (χ1v) is 14.1. The average molecular weight is 548 g/mol. The molecule has 0 spiro atoms. The first-order valence-electron chi connectivity index (χ1n) is 14.1. The van der Waals surface area contributed by atoms with Crippen LogP contribution >= 0.6 is 0 Å². The van der Waals surface area contributed by atoms with Crippen LogP contribution in [0.15, 0.2) is 66.9 Å². The summed E-state index contributed by atoms with van der Waals surface area (Å²) in [5.41, 5.74) is 1.43. The number of nitrogens with zero attached hydrogens (tertiary/aromatic N) is 5. The zero-order valence-electron chi connectivity index (χ0n) is 22.8. The summed E-state index contributed by atoms with van der Waals surface area (Å²) in [5.74, 6) is -1.71. The Bertz CT molecular complexity index is 1310. The van der Waals surface area contributed by atoms with Crippen molar-refractivity contribution in [3.05, 3.63) is 89.6 Å². The molecule has 0 saturated carbocycles. The van der Waals surface area contributed by atoms with Crippen LogP contribution in [0.5, 0.6) is 0 Å². The van der Waals surface area contributed by atoms with Gasteiger partial charge in [0.25, 0.3) is 0 Å². The lowest BCUT2D eigenvalue weighted by molar-refractivity contribution is -0.140. The molecule has 0 N–H and O–H groups in total. The van der Waals surface area contributed by atoms with Gasteiger partial charge in [0.1, 0.15) is 11.6 Å². The Balaban J connectivity index is 1.39. The van der Waals surface area contributed by atoms with E-state index in [1.807, 2.05) is 45.9 Å². The molecule has 9 heteroatoms. The Morgan fingerprint density at radius 1 is 0.975 bits per heavy atom. The van der Waals surface area contributed by atoms with Gasteiger partial charge in [0.15, 0.2) is 5.82 Å². The van der Waals surface area contributed by atoms with Gasteiger partial charge in [0, 0.05) is 57.3 Å². The Morgan fingerprint density at radius 3 is 2.52 bits per heavy atom. The number of benzene rings is 2. The topological polar surface area (TPSA) is 69.6 Å². The van der Waals surface area contributed by atoms with Crippen LogP contribution in [0.2, 0.25) is 0 Å². The van der Waals surface area contributed by atoms with E-state index in [1.54, 1.807) is 12.3 Å². The van der Waals surface area contributed by atoms with Crippen molar-refractivity contribution < 1.29 is 18.4 Å². The van der Waals surface area contributed by atoms with Crippen molar-refractivity contribution in [1.82, 2.24) is 20.0 Å². The van der Waals surface area contributed by atoms with Crippen molar-refractivity contribution in [3.63, 3.8) is 0 Å². The van der Waals surface area contributed by atoms with E-state index < -0.39 is 23.5 Å². The van der Waals surface area contributed by atoms with Gasteiger partial charge in [0.05, 0.1) is 12.0 Å². The summed E-state index contributed by atoms with van der Waals surface area (Å²) in [4.78, 5) is 33.0. The second kappa shape index (κ2) is 12.5. The number of anilines is 1. The lowest BCUT2D eigenvalue weighted by atomic mass is 9.87. The van der Waals surface area contributed by atoms with Crippen molar-refractivity contribution in [2.45, 2.75) is 44.6 Å². The van der Waals surface area contributed by atoms with Crippen LogP contribution in [0, 0.1) is 17.6 Å². The zero-order chi connectivity index (χ0) is 28.1. The maximum Gasteiger partial charge on any atom is 0.228 e. The number of hydrogen-bond donors (Lipinski definition) is 0. The van der Waals surface area contributed by atoms with E-state index in [4.69, 9.17) is 0 Å². The normalized spacial score (nSPS) is 21.7. The second-order valence-corrected chi connectivity index (χ2v) is 10.6. The van der Waals surface area contributed by atoms with Crippen LogP contribution in [0.25, 0.3) is 0 Å². The van der Waals surface area contributed by atoms with Crippen molar-refractivity contribution in [3.8, 4) is 0 Å². The van der Waals surface area contributed by atoms with E-state index >= 15 is 0 Å². The van der Waals surface area contributed by atoms with Crippen molar-refractivity contribution in [2.75, 3.05) is 37.6 Å². The van der Waals surface area contributed by atoms with Gasteiger partial charge in [-0.2, -0.15) is 5.10 Å². The molecular formula is C31H35F2N5O2. The number of aromatic nitrogens is 2. The minimum atomic E-state index is -0.654. The van der Waals surface area contributed by atoms with Crippen LogP contribution < -0.4 is 4.90 Å². The zero-order valence-corrected chi connectivity index (χ0v) is 22.8. The summed E-state index contributed by atoms with van der Waals surface area (Å²) in [6, 6.07) is 17.2. The van der Waals surface area contributed by atoms with Crippen LogP contribution in [0.4, 0.5) is 14.6 Å². The summed E-state index contributed by atoms with van der Waals surface area (Å²) in [7, 11) is 0. The molecular weight excluding hydrogens is 512 g/mol. The van der Waals surface area contributed by atoms with E-state index in [2.05, 4.69) is 22.3 Å². The highest BCUT2D eigenvalue weighted by Gasteiger charge is 2.42. The fourth-order valence-electron chi connectivity index (χ4n) is 6.08. The molecule has 3 heterocycles. The average Bonchev–Trinajstić information content (AvgIpc) is 3.39. The minimum absolute atomic E-state index is 0.0304. The molecule has 2 aliphatic rings. The summed E-state index contributed by atoms with van der Waals surface area (Å²) in [5, 5.41) is 8.16. The molecule has 2 fully saturated rings. The highest BCUT2D eigenvalue weighted by Crippen LogP contribution is 2.38. The third-order valence-corrected chi connectivity index (χ3v) is 8.05. The number of hydrogen-bond acceptors (Lipinski definition) is 5. The molecule has 0 bridgehead atoms. The number of halogens is 2. The van der Waals surface area contributed by atoms with Gasteiger partial charge in [-0.1, -0.05) is 43.3 Å². The van der Waals surface area contributed by atoms with Crippen molar-refractivity contribution in [2.24, 2.45) is 5.92 Å². The van der Waals surface area contributed by atoms with Crippen LogP contribution in [-0.4, -0.2) is 64.5 Å². The van der Waals surface area contributed by atoms with Gasteiger partial charge in [0.2, 0.25) is 11.8 Å². The predicted molar refractivity (Wildman–Crippen MR) is 148 cm³/mol. The maximum atomic E-state index is 15.0. The Kier molecular flexibility index (Phi) is 8.67. The van der Waals surface area contributed by atoms with Gasteiger partial charge >= 0.3 is 0 Å². The molecule has 1 aromatic heterocycles. The summed E-state index contributed by atoms with van der Waals surface area (Å²) in [6.07, 6.45) is 4.27. The number of carbonyl (C=O) groups excluding carboxylic acids is 2. The van der Waals surface area contributed by atoms with Gasteiger partial charge in [-0.3, -0.25) is 9.59 Å². The second-order valence-electron chi connectivity index (χ2n) is 10.6. The molecule has 2 aliphatic heterocycles. The van der Waals surface area contributed by atoms with E-state index in [0.29, 0.717) is 50.5 Å². The van der Waals surface area contributed by atoms with Gasteiger partial charge < -0.3 is 14.7 Å². The summed E-state index contributed by atoms with van der Waals surface area (Å²) < 4.78 is 28.7. The predicted octanol–water partition coefficient (Wildman–Crippen LogP) is 4.97. The number of amides is 2. The maximum absolute atomic E-state index is 15.0. The highest BCUT2D eigenvalue weighted by atomic mass is 19.1. The fraction of sp³-hybridized carbons (Fsp3) is 0.419. The van der Waals surface area contributed by atoms with Crippen LogP contribution in [-0.2, 0) is 9.59 Å². The first kappa shape index (κ1) is 27.7. The molecule has 7 nitrogen and oxygen atoms in total. The van der Waals surface area contributed by atoms with Crippen LogP contribution in [0.1, 0.15) is 55.7 Å². The van der Waals surface area contributed by atoms with E-state index in [1.165, 1.54) is 12.1 Å². The highest BCUT2D eigenvalue weighted by molar-refractivity contribution is 5.82. The minimum Gasteiger partial charge on any atom is -0.354 e. The quantitative estimate of drug-likeness (QED) is 0.436. The molecule has 2 aromatic carbocycles.